The van der Waals surface area contributed by atoms with E-state index in [2.05, 4.69) is 14.9 Å². The molecule has 2 aliphatic heterocycles. The molecular formula is C18H20ClN5O2. The van der Waals surface area contributed by atoms with Gasteiger partial charge in [0, 0.05) is 49.2 Å². The summed E-state index contributed by atoms with van der Waals surface area (Å²) in [5, 5.41) is 0.652. The normalized spacial score (nSPS) is 17.7. The molecule has 3 heterocycles. The number of hydrogen-bond acceptors (Lipinski definition) is 5. The number of urea groups is 1. The predicted octanol–water partition coefficient (Wildman–Crippen LogP) is 2.41. The van der Waals surface area contributed by atoms with Crippen LogP contribution in [0.4, 0.5) is 16.3 Å². The Morgan fingerprint density at radius 3 is 2.73 bits per heavy atom. The highest BCUT2D eigenvalue weighted by Gasteiger charge is 2.29. The molecule has 0 bridgehead atoms. The number of hydrogen-bond donors (Lipinski definition) is 0. The summed E-state index contributed by atoms with van der Waals surface area (Å²) in [6.45, 7) is 4.30. The van der Waals surface area contributed by atoms with Crippen LogP contribution < -0.4 is 9.80 Å². The molecular weight excluding hydrogens is 354 g/mol. The number of fused-ring (bicyclic) bond motifs is 1. The van der Waals surface area contributed by atoms with Crippen LogP contribution in [0.1, 0.15) is 5.56 Å². The van der Waals surface area contributed by atoms with E-state index in [4.69, 9.17) is 16.3 Å². The van der Waals surface area contributed by atoms with E-state index in [1.807, 2.05) is 23.1 Å². The quantitative estimate of drug-likeness (QED) is 0.768. The molecule has 4 rings (SSSR count). The molecule has 0 spiro atoms. The van der Waals surface area contributed by atoms with Gasteiger partial charge >= 0.3 is 6.03 Å². The van der Waals surface area contributed by atoms with Gasteiger partial charge in [-0.3, -0.25) is 9.88 Å². The second kappa shape index (κ2) is 7.47. The van der Waals surface area contributed by atoms with Gasteiger partial charge in [0.25, 0.3) is 0 Å². The van der Waals surface area contributed by atoms with Crippen molar-refractivity contribution in [3.8, 4) is 0 Å². The zero-order valence-electron chi connectivity index (χ0n) is 14.3. The average molecular weight is 374 g/mol. The second-order valence-electron chi connectivity index (χ2n) is 6.30. The van der Waals surface area contributed by atoms with Crippen molar-refractivity contribution >= 4 is 29.1 Å². The monoisotopic (exact) mass is 373 g/mol. The lowest BCUT2D eigenvalue weighted by molar-refractivity contribution is 0.131. The van der Waals surface area contributed by atoms with Gasteiger partial charge in [-0.15, -0.1) is 0 Å². The largest absolute Gasteiger partial charge is 0.375 e. The summed E-state index contributed by atoms with van der Waals surface area (Å²) in [5.74, 6) is 0.850. The third kappa shape index (κ3) is 3.45. The van der Waals surface area contributed by atoms with Gasteiger partial charge in [-0.05, 0) is 18.2 Å². The first-order valence-electron chi connectivity index (χ1n) is 8.66. The highest BCUT2D eigenvalue weighted by atomic mass is 35.5. The van der Waals surface area contributed by atoms with Gasteiger partial charge in [-0.1, -0.05) is 11.6 Å². The Balaban J connectivity index is 1.47. The highest BCUT2D eigenvalue weighted by molar-refractivity contribution is 6.30. The first-order valence-corrected chi connectivity index (χ1v) is 9.04. The van der Waals surface area contributed by atoms with Crippen LogP contribution in [0.2, 0.25) is 5.02 Å². The molecule has 8 heteroatoms. The first-order chi connectivity index (χ1) is 12.7. The zero-order chi connectivity index (χ0) is 17.9. The fraction of sp³-hybridized carbons (Fsp3) is 0.389. The molecule has 2 amide bonds. The molecule has 1 aromatic carbocycles. The van der Waals surface area contributed by atoms with Crippen LogP contribution in [0.15, 0.2) is 36.8 Å². The van der Waals surface area contributed by atoms with Crippen LogP contribution in [-0.2, 0) is 11.3 Å². The molecule has 0 N–H and O–H groups in total. The molecule has 0 atom stereocenters. The van der Waals surface area contributed by atoms with Gasteiger partial charge in [-0.25, -0.2) is 9.78 Å². The Morgan fingerprint density at radius 2 is 1.96 bits per heavy atom. The van der Waals surface area contributed by atoms with Crippen LogP contribution in [0.5, 0.6) is 0 Å². The second-order valence-corrected chi connectivity index (χ2v) is 6.73. The van der Waals surface area contributed by atoms with Crippen LogP contribution in [0.25, 0.3) is 0 Å². The molecule has 1 fully saturated rings. The van der Waals surface area contributed by atoms with E-state index in [9.17, 15) is 4.79 Å². The molecule has 26 heavy (non-hydrogen) atoms. The number of amides is 2. The SMILES string of the molecule is O=C(N1CCN(c2cnccn2)CC1)N1CCOCc2cc(Cl)ccc21. The van der Waals surface area contributed by atoms with Crippen molar-refractivity contribution in [2.45, 2.75) is 6.61 Å². The van der Waals surface area contributed by atoms with Crippen LogP contribution in [0, 0.1) is 0 Å². The number of carbonyl (C=O) groups is 1. The van der Waals surface area contributed by atoms with Crippen LogP contribution in [0.3, 0.4) is 0 Å². The summed E-state index contributed by atoms with van der Waals surface area (Å²) in [6, 6.07) is 5.60. The minimum atomic E-state index is 0.0119. The number of benzene rings is 1. The summed E-state index contributed by atoms with van der Waals surface area (Å²) in [5.41, 5.74) is 1.83. The van der Waals surface area contributed by atoms with Crippen molar-refractivity contribution in [3.63, 3.8) is 0 Å². The van der Waals surface area contributed by atoms with Crippen LogP contribution >= 0.6 is 11.6 Å². The van der Waals surface area contributed by atoms with E-state index < -0.39 is 0 Å². The molecule has 136 valence electrons. The molecule has 2 aromatic rings. The molecule has 0 aliphatic carbocycles. The minimum Gasteiger partial charge on any atom is -0.375 e. The van der Waals surface area contributed by atoms with Crippen molar-refractivity contribution in [3.05, 3.63) is 47.4 Å². The van der Waals surface area contributed by atoms with Crippen molar-refractivity contribution < 1.29 is 9.53 Å². The standard InChI is InChI=1S/C18H20ClN5O2/c19-15-1-2-16-14(11-15)13-26-10-9-24(16)18(25)23-7-5-22(6-8-23)17-12-20-3-4-21-17/h1-4,11-12H,5-10,13H2. The maximum atomic E-state index is 13.1. The van der Waals surface area contributed by atoms with Crippen molar-refractivity contribution in [2.75, 3.05) is 49.1 Å². The fourth-order valence-corrected chi connectivity index (χ4v) is 3.54. The Morgan fingerprint density at radius 1 is 1.12 bits per heavy atom. The van der Waals surface area contributed by atoms with E-state index in [0.717, 1.165) is 30.2 Å². The topological polar surface area (TPSA) is 61.8 Å². The van der Waals surface area contributed by atoms with E-state index in [1.54, 1.807) is 23.5 Å². The summed E-state index contributed by atoms with van der Waals surface area (Å²) in [6.07, 6.45) is 5.10. The summed E-state index contributed by atoms with van der Waals surface area (Å²) < 4.78 is 5.62. The molecule has 1 saturated heterocycles. The van der Waals surface area contributed by atoms with Gasteiger partial charge in [-0.2, -0.15) is 0 Å². The lowest BCUT2D eigenvalue weighted by atomic mass is 10.1. The third-order valence-electron chi connectivity index (χ3n) is 4.70. The molecule has 7 nitrogen and oxygen atoms in total. The van der Waals surface area contributed by atoms with E-state index in [0.29, 0.717) is 37.9 Å². The molecule has 0 saturated carbocycles. The Bertz CT molecular complexity index is 780. The number of carbonyl (C=O) groups excluding carboxylic acids is 1. The van der Waals surface area contributed by atoms with Gasteiger partial charge in [0.2, 0.25) is 0 Å². The summed E-state index contributed by atoms with van der Waals surface area (Å²) in [7, 11) is 0. The van der Waals surface area contributed by atoms with Crippen LogP contribution in [-0.4, -0.2) is 60.2 Å². The van der Waals surface area contributed by atoms with Crippen molar-refractivity contribution in [1.82, 2.24) is 14.9 Å². The highest BCUT2D eigenvalue weighted by Crippen LogP contribution is 2.28. The molecule has 1 aromatic heterocycles. The Hall–Kier alpha value is -2.38. The van der Waals surface area contributed by atoms with E-state index in [-0.39, 0.29) is 6.03 Å². The average Bonchev–Trinajstić information content (AvgIpc) is 2.90. The number of ether oxygens (including phenoxy) is 1. The molecule has 0 radical (unpaired) electrons. The lowest BCUT2D eigenvalue weighted by Gasteiger charge is -2.37. The predicted molar refractivity (Wildman–Crippen MR) is 99.7 cm³/mol. The maximum Gasteiger partial charge on any atom is 0.324 e. The number of aromatic nitrogens is 2. The van der Waals surface area contributed by atoms with Gasteiger partial charge < -0.3 is 14.5 Å². The zero-order valence-corrected chi connectivity index (χ0v) is 15.1. The Kier molecular flexibility index (Phi) is 4.90. The molecule has 2 aliphatic rings. The summed E-state index contributed by atoms with van der Waals surface area (Å²) >= 11 is 6.09. The number of nitrogens with zero attached hydrogens (tertiary/aromatic N) is 5. The fourth-order valence-electron chi connectivity index (χ4n) is 3.34. The van der Waals surface area contributed by atoms with Gasteiger partial charge in [0.15, 0.2) is 0 Å². The van der Waals surface area contributed by atoms with Gasteiger partial charge in [0.1, 0.15) is 5.82 Å². The molecule has 0 unspecified atom stereocenters. The third-order valence-corrected chi connectivity index (χ3v) is 4.94. The summed E-state index contributed by atoms with van der Waals surface area (Å²) in [4.78, 5) is 27.4. The minimum absolute atomic E-state index is 0.0119. The van der Waals surface area contributed by atoms with Gasteiger partial charge in [0.05, 0.1) is 31.6 Å². The maximum absolute atomic E-state index is 13.1. The van der Waals surface area contributed by atoms with E-state index in [1.165, 1.54) is 0 Å². The van der Waals surface area contributed by atoms with E-state index >= 15 is 0 Å². The van der Waals surface area contributed by atoms with Crippen molar-refractivity contribution in [2.24, 2.45) is 0 Å². The van der Waals surface area contributed by atoms with Crippen molar-refractivity contribution in [1.29, 1.82) is 0 Å². The smallest absolute Gasteiger partial charge is 0.324 e. The number of halogens is 1. The lowest BCUT2D eigenvalue weighted by Crippen LogP contribution is -2.53. The first kappa shape index (κ1) is 17.1. The number of rotatable bonds is 1. The number of piperazine rings is 1. The Labute approximate surface area is 157 Å². The number of anilines is 2.